The van der Waals surface area contributed by atoms with Crippen LogP contribution in [-0.2, 0) is 47.7 Å². The molecule has 1 saturated heterocycles. The van der Waals surface area contributed by atoms with Gasteiger partial charge in [-0.1, -0.05) is 0 Å². The maximum Gasteiger partial charge on any atom is 0.310 e. The average Bonchev–Trinajstić information content (AvgIpc) is 3.02. The number of rotatable bonds is 12. The van der Waals surface area contributed by atoms with Crippen molar-refractivity contribution in [3.63, 3.8) is 0 Å². The molecule has 210 valence electrons. The first kappa shape index (κ1) is 32.7. The first-order valence-electron chi connectivity index (χ1n) is 11.6. The van der Waals surface area contributed by atoms with E-state index < -0.39 is 69.2 Å². The first-order valence-corrected chi connectivity index (χ1v) is 13.7. The molecule has 2 amide bonds. The van der Waals surface area contributed by atoms with Gasteiger partial charge in [-0.2, -0.15) is 0 Å². The zero-order chi connectivity index (χ0) is 28.6. The van der Waals surface area contributed by atoms with E-state index in [-0.39, 0.29) is 24.3 Å². The van der Waals surface area contributed by atoms with Gasteiger partial charge in [-0.3, -0.25) is 34.1 Å². The lowest BCUT2D eigenvalue weighted by molar-refractivity contribution is -0.160. The van der Waals surface area contributed by atoms with Gasteiger partial charge in [-0.15, -0.1) is 23.5 Å². The number of imide groups is 1. The van der Waals surface area contributed by atoms with Gasteiger partial charge in [0.1, 0.15) is 21.7 Å². The molecule has 1 aliphatic rings. The van der Waals surface area contributed by atoms with Crippen molar-refractivity contribution in [2.75, 3.05) is 25.7 Å². The minimum absolute atomic E-state index is 0.0205. The number of methoxy groups -OCH3 is 2. The van der Waals surface area contributed by atoms with Crippen molar-refractivity contribution < 1.29 is 47.7 Å². The zero-order valence-electron chi connectivity index (χ0n) is 22.5. The summed E-state index contributed by atoms with van der Waals surface area (Å²) in [5, 5.41) is 0.487. The number of thioether (sulfide) groups is 2. The monoisotopic (exact) mass is 563 g/mol. The fourth-order valence-corrected chi connectivity index (χ4v) is 6.10. The van der Waals surface area contributed by atoms with Crippen LogP contribution >= 0.6 is 23.5 Å². The second kappa shape index (κ2) is 14.0. The van der Waals surface area contributed by atoms with Crippen LogP contribution in [0.1, 0.15) is 54.4 Å². The largest absolute Gasteiger partial charge is 0.469 e. The van der Waals surface area contributed by atoms with Gasteiger partial charge in [0.2, 0.25) is 11.8 Å². The average molecular weight is 564 g/mol. The van der Waals surface area contributed by atoms with Crippen molar-refractivity contribution in [3.8, 4) is 0 Å². The Kier molecular flexibility index (Phi) is 12.4. The van der Waals surface area contributed by atoms with Crippen LogP contribution in [0.4, 0.5) is 0 Å². The molecule has 0 bridgehead atoms. The van der Waals surface area contributed by atoms with Crippen LogP contribution in [0, 0.1) is 11.8 Å². The summed E-state index contributed by atoms with van der Waals surface area (Å²) in [5.41, 5.74) is -1.47. The molecule has 0 aromatic carbocycles. The van der Waals surface area contributed by atoms with Crippen molar-refractivity contribution in [1.29, 1.82) is 0 Å². The molecule has 4 atom stereocenters. The van der Waals surface area contributed by atoms with Crippen molar-refractivity contribution in [1.82, 2.24) is 5.32 Å². The third kappa shape index (κ3) is 11.8. The van der Waals surface area contributed by atoms with Gasteiger partial charge in [0.15, 0.2) is 0 Å². The minimum Gasteiger partial charge on any atom is -0.469 e. The summed E-state index contributed by atoms with van der Waals surface area (Å²) in [5.74, 6) is -5.31. The standard InChI is InChI=1S/C24H37NO10S2/c1-23(2,3)34-15(26)9-13(21(30)32-7)11-36-17-18(20(29)25-19(17)28)37-12-14(22(31)33-8)10-16(27)35-24(4,5)6/h13-14,17-18H,9-12H2,1-8H3,(H,25,28,29)/t13-,14-,17-,18-/m0/s1. The summed E-state index contributed by atoms with van der Waals surface area (Å²) in [7, 11) is 2.38. The molecule has 0 saturated carbocycles. The fraction of sp³-hybridized carbons (Fsp3) is 0.750. The maximum absolute atomic E-state index is 12.5. The summed E-state index contributed by atoms with van der Waals surface area (Å²) in [6.07, 6.45) is -0.505. The van der Waals surface area contributed by atoms with Gasteiger partial charge in [0, 0.05) is 11.5 Å². The minimum atomic E-state index is -0.894. The Morgan fingerprint density at radius 1 is 0.730 bits per heavy atom. The van der Waals surface area contributed by atoms with E-state index in [1.165, 1.54) is 14.2 Å². The van der Waals surface area contributed by atoms with Crippen molar-refractivity contribution in [2.45, 2.75) is 76.1 Å². The Labute approximate surface area is 225 Å². The zero-order valence-corrected chi connectivity index (χ0v) is 24.2. The third-order valence-corrected chi connectivity index (χ3v) is 7.78. The third-order valence-electron chi connectivity index (χ3n) is 4.73. The van der Waals surface area contributed by atoms with Gasteiger partial charge >= 0.3 is 23.9 Å². The lowest BCUT2D eigenvalue weighted by Crippen LogP contribution is -2.32. The number of nitrogens with one attached hydrogen (secondary N) is 1. The number of esters is 4. The quantitative estimate of drug-likeness (QED) is 0.210. The van der Waals surface area contributed by atoms with E-state index in [0.717, 1.165) is 23.5 Å². The Morgan fingerprint density at radius 2 is 1.05 bits per heavy atom. The highest BCUT2D eigenvalue weighted by Gasteiger charge is 2.44. The highest BCUT2D eigenvalue weighted by molar-refractivity contribution is 8.04. The van der Waals surface area contributed by atoms with E-state index in [1.54, 1.807) is 41.5 Å². The highest BCUT2D eigenvalue weighted by Crippen LogP contribution is 2.33. The summed E-state index contributed by atoms with van der Waals surface area (Å²) >= 11 is 2.07. The van der Waals surface area contributed by atoms with Gasteiger partial charge in [-0.05, 0) is 41.5 Å². The van der Waals surface area contributed by atoms with Gasteiger partial charge in [-0.25, -0.2) is 0 Å². The molecule has 1 rings (SSSR count). The normalized spacial score (nSPS) is 19.5. The predicted octanol–water partition coefficient (Wildman–Crippen LogP) is 1.89. The van der Waals surface area contributed by atoms with E-state index in [9.17, 15) is 28.8 Å². The lowest BCUT2D eigenvalue weighted by atomic mass is 10.1. The molecular formula is C24H37NO10S2. The van der Waals surface area contributed by atoms with Gasteiger partial charge in [0.05, 0.1) is 38.9 Å². The second-order valence-corrected chi connectivity index (χ2v) is 12.7. The van der Waals surface area contributed by atoms with Gasteiger partial charge in [0.25, 0.3) is 0 Å². The fourth-order valence-electron chi connectivity index (χ4n) is 3.23. The molecule has 0 radical (unpaired) electrons. The SMILES string of the molecule is COC(=O)[C@H](CS[C@@H]1C(=O)NC(=O)[C@H]1SC[C@H](CC(=O)OC(C)(C)C)C(=O)OC)CC(=O)OC(C)(C)C. The Morgan fingerprint density at radius 3 is 1.32 bits per heavy atom. The molecular weight excluding hydrogens is 526 g/mol. The number of hydrogen-bond acceptors (Lipinski definition) is 12. The molecule has 1 N–H and O–H groups in total. The van der Waals surface area contributed by atoms with E-state index in [2.05, 4.69) is 5.32 Å². The number of carbonyl (C=O) groups excluding carboxylic acids is 6. The Bertz CT molecular complexity index is 808. The molecule has 37 heavy (non-hydrogen) atoms. The molecule has 1 heterocycles. The molecule has 1 fully saturated rings. The number of amides is 2. The smallest absolute Gasteiger partial charge is 0.310 e. The molecule has 1 aliphatic heterocycles. The van der Waals surface area contributed by atoms with Crippen LogP contribution < -0.4 is 5.32 Å². The second-order valence-electron chi connectivity index (χ2n) is 10.4. The lowest BCUT2D eigenvalue weighted by Gasteiger charge is -2.23. The molecule has 13 heteroatoms. The molecule has 0 aromatic rings. The number of ether oxygens (including phenoxy) is 4. The van der Waals surface area contributed by atoms with Crippen LogP contribution in [-0.4, -0.2) is 83.1 Å². The summed E-state index contributed by atoms with van der Waals surface area (Å²) in [6.45, 7) is 10.2. The number of hydrogen-bond donors (Lipinski definition) is 1. The predicted molar refractivity (Wildman–Crippen MR) is 138 cm³/mol. The Balaban J connectivity index is 2.90. The van der Waals surface area contributed by atoms with Crippen molar-refractivity contribution >= 4 is 59.2 Å². The Hall–Kier alpha value is -2.28. The van der Waals surface area contributed by atoms with E-state index in [4.69, 9.17) is 18.9 Å². The van der Waals surface area contributed by atoms with Crippen LogP contribution in [0.5, 0.6) is 0 Å². The molecule has 11 nitrogen and oxygen atoms in total. The van der Waals surface area contributed by atoms with E-state index in [0.29, 0.717) is 0 Å². The van der Waals surface area contributed by atoms with Crippen molar-refractivity contribution in [2.24, 2.45) is 11.8 Å². The molecule has 0 spiro atoms. The summed E-state index contributed by atoms with van der Waals surface area (Å²) < 4.78 is 20.1. The highest BCUT2D eigenvalue weighted by atomic mass is 32.2. The molecule has 0 aromatic heterocycles. The summed E-state index contributed by atoms with van der Waals surface area (Å²) in [6, 6.07) is 0. The molecule has 0 aliphatic carbocycles. The van der Waals surface area contributed by atoms with Crippen LogP contribution in [0.15, 0.2) is 0 Å². The summed E-state index contributed by atoms with van der Waals surface area (Å²) in [4.78, 5) is 74.0. The van der Waals surface area contributed by atoms with Crippen molar-refractivity contribution in [3.05, 3.63) is 0 Å². The van der Waals surface area contributed by atoms with Crippen LogP contribution in [0.25, 0.3) is 0 Å². The first-order chi connectivity index (χ1) is 17.0. The maximum atomic E-state index is 12.5. The van der Waals surface area contributed by atoms with Crippen LogP contribution in [0.2, 0.25) is 0 Å². The number of carbonyl (C=O) groups is 6. The van der Waals surface area contributed by atoms with Gasteiger partial charge < -0.3 is 18.9 Å². The molecule has 0 unspecified atom stereocenters. The van der Waals surface area contributed by atoms with Crippen LogP contribution in [0.3, 0.4) is 0 Å². The van der Waals surface area contributed by atoms with E-state index >= 15 is 0 Å². The van der Waals surface area contributed by atoms with E-state index in [1.807, 2.05) is 0 Å². The topological polar surface area (TPSA) is 151 Å².